The molecule has 1 saturated heterocycles. The van der Waals surface area contributed by atoms with Gasteiger partial charge in [0.1, 0.15) is 0 Å². The highest BCUT2D eigenvalue weighted by Crippen LogP contribution is 2.19. The van der Waals surface area contributed by atoms with E-state index in [0.717, 1.165) is 25.9 Å². The van der Waals surface area contributed by atoms with E-state index < -0.39 is 0 Å². The molecule has 1 heterocycles. The molecule has 1 fully saturated rings. The topological polar surface area (TPSA) is 23.6 Å². The lowest BCUT2D eigenvalue weighted by molar-refractivity contribution is -0.136. The standard InChI is InChI=1S/C15H20N2O/c1-16-10-8-14(9-11-16)15(18)17(2)12-13-6-4-3-5-7-13/h1,3-7,14H,8-12H2,2H3. The average molecular weight is 244 g/mol. The summed E-state index contributed by atoms with van der Waals surface area (Å²) in [5.41, 5.74) is 1.17. The number of amides is 1. The molecular weight excluding hydrogens is 224 g/mol. The molecule has 18 heavy (non-hydrogen) atoms. The fourth-order valence-electron chi connectivity index (χ4n) is 2.39. The molecule has 0 atom stereocenters. The third kappa shape index (κ3) is 3.33. The molecule has 1 aliphatic rings. The molecule has 3 nitrogen and oxygen atoms in total. The Balaban J connectivity index is 1.89. The first kappa shape index (κ1) is 13.1. The van der Waals surface area contributed by atoms with Crippen molar-refractivity contribution in [2.45, 2.75) is 19.4 Å². The second-order valence-electron chi connectivity index (χ2n) is 4.99. The van der Waals surface area contributed by atoms with Crippen LogP contribution >= 0.6 is 0 Å². The predicted octanol–water partition coefficient (Wildman–Crippen LogP) is 2.03. The van der Waals surface area contributed by atoms with E-state index >= 15 is 0 Å². The second-order valence-corrected chi connectivity index (χ2v) is 4.99. The lowest BCUT2D eigenvalue weighted by Crippen LogP contribution is -2.39. The van der Waals surface area contributed by atoms with Gasteiger partial charge in [-0.2, -0.15) is 0 Å². The first-order valence-electron chi connectivity index (χ1n) is 6.45. The fourth-order valence-corrected chi connectivity index (χ4v) is 2.39. The number of hydrogen-bond donors (Lipinski definition) is 0. The molecule has 0 unspecified atom stereocenters. The largest absolute Gasteiger partial charge is 0.341 e. The molecular formula is C15H20N2O. The van der Waals surface area contributed by atoms with E-state index in [4.69, 9.17) is 7.05 Å². The normalized spacial score (nSPS) is 17.7. The van der Waals surface area contributed by atoms with Gasteiger partial charge in [-0.25, -0.2) is 0 Å². The summed E-state index contributed by atoms with van der Waals surface area (Å²) in [5, 5.41) is 0. The Morgan fingerprint density at radius 3 is 2.56 bits per heavy atom. The number of piperidine rings is 1. The number of carbonyl (C=O) groups is 1. The summed E-state index contributed by atoms with van der Waals surface area (Å²) in [6.45, 7) is 2.31. The highest BCUT2D eigenvalue weighted by atomic mass is 16.2. The lowest BCUT2D eigenvalue weighted by Gasteiger charge is -2.30. The van der Waals surface area contributed by atoms with Gasteiger partial charge in [0.05, 0.1) is 0 Å². The maximum atomic E-state index is 12.3. The predicted molar refractivity (Wildman–Crippen MR) is 71.5 cm³/mol. The van der Waals surface area contributed by atoms with Crippen molar-refractivity contribution in [1.82, 2.24) is 9.80 Å². The third-order valence-corrected chi connectivity index (χ3v) is 3.52. The molecule has 0 aromatic heterocycles. The zero-order chi connectivity index (χ0) is 13.0. The van der Waals surface area contributed by atoms with Crippen LogP contribution < -0.4 is 0 Å². The highest BCUT2D eigenvalue weighted by Gasteiger charge is 2.25. The summed E-state index contributed by atoms with van der Waals surface area (Å²) < 4.78 is 0. The number of likely N-dealkylation sites (tertiary alicyclic amines) is 1. The maximum absolute atomic E-state index is 12.3. The Hall–Kier alpha value is -1.35. The van der Waals surface area contributed by atoms with E-state index in [1.165, 1.54) is 5.56 Å². The van der Waals surface area contributed by atoms with Gasteiger partial charge in [-0.3, -0.25) is 9.69 Å². The van der Waals surface area contributed by atoms with Crippen molar-refractivity contribution in [3.63, 3.8) is 0 Å². The lowest BCUT2D eigenvalue weighted by atomic mass is 9.95. The van der Waals surface area contributed by atoms with Crippen molar-refractivity contribution in [3.05, 3.63) is 42.9 Å². The van der Waals surface area contributed by atoms with Crippen molar-refractivity contribution in [2.24, 2.45) is 5.92 Å². The van der Waals surface area contributed by atoms with E-state index in [1.807, 2.05) is 42.3 Å². The Labute approximate surface area is 109 Å². The average Bonchev–Trinajstić information content (AvgIpc) is 2.40. The fraction of sp³-hybridized carbons (Fsp3) is 0.467. The van der Waals surface area contributed by atoms with Crippen LogP contribution in [0.25, 0.3) is 0 Å². The Morgan fingerprint density at radius 1 is 1.33 bits per heavy atom. The van der Waals surface area contributed by atoms with Crippen molar-refractivity contribution in [1.29, 1.82) is 0 Å². The molecule has 3 heteroatoms. The van der Waals surface area contributed by atoms with Gasteiger partial charge in [-0.15, -0.1) is 0 Å². The van der Waals surface area contributed by atoms with Gasteiger partial charge in [0.25, 0.3) is 0 Å². The number of nitrogens with zero attached hydrogens (tertiary/aromatic N) is 2. The van der Waals surface area contributed by atoms with Crippen LogP contribution in [0.4, 0.5) is 0 Å². The molecule has 0 spiro atoms. The van der Waals surface area contributed by atoms with Crippen LogP contribution in [0.1, 0.15) is 18.4 Å². The quantitative estimate of drug-likeness (QED) is 0.812. The van der Waals surface area contributed by atoms with Crippen LogP contribution in [0.2, 0.25) is 0 Å². The summed E-state index contributed by atoms with van der Waals surface area (Å²) in [7, 11) is 7.58. The Morgan fingerprint density at radius 2 is 1.94 bits per heavy atom. The minimum Gasteiger partial charge on any atom is -0.341 e. The van der Waals surface area contributed by atoms with Gasteiger partial charge in [0.15, 0.2) is 0 Å². The minimum atomic E-state index is 0.138. The van der Waals surface area contributed by atoms with E-state index in [2.05, 4.69) is 0 Å². The van der Waals surface area contributed by atoms with E-state index in [9.17, 15) is 4.79 Å². The van der Waals surface area contributed by atoms with Gasteiger partial charge < -0.3 is 4.90 Å². The smallest absolute Gasteiger partial charge is 0.225 e. The zero-order valence-corrected chi connectivity index (χ0v) is 10.9. The van der Waals surface area contributed by atoms with Crippen LogP contribution in [0, 0.1) is 13.0 Å². The number of carbonyl (C=O) groups excluding carboxylic acids is 1. The summed E-state index contributed by atoms with van der Waals surface area (Å²) in [6.07, 6.45) is 1.74. The SMILES string of the molecule is [CH]N1CCC(C(=O)N(C)Cc2ccccc2)CC1. The summed E-state index contributed by atoms with van der Waals surface area (Å²) in [5.74, 6) is 0.380. The molecule has 0 saturated carbocycles. The van der Waals surface area contributed by atoms with Crippen molar-refractivity contribution < 1.29 is 4.79 Å². The minimum absolute atomic E-state index is 0.138. The third-order valence-electron chi connectivity index (χ3n) is 3.52. The maximum Gasteiger partial charge on any atom is 0.225 e. The Kier molecular flexibility index (Phi) is 4.37. The second kappa shape index (κ2) is 6.01. The van der Waals surface area contributed by atoms with Crippen LogP contribution in [0.15, 0.2) is 30.3 Å². The molecule has 1 amide bonds. The van der Waals surface area contributed by atoms with Crippen molar-refractivity contribution in [3.8, 4) is 0 Å². The van der Waals surface area contributed by atoms with Gasteiger partial charge in [-0.05, 0) is 31.5 Å². The first-order chi connectivity index (χ1) is 8.66. The monoisotopic (exact) mass is 244 g/mol. The van der Waals surface area contributed by atoms with E-state index in [-0.39, 0.29) is 11.8 Å². The molecule has 0 aliphatic carbocycles. The van der Waals surface area contributed by atoms with Crippen LogP contribution in [-0.4, -0.2) is 35.8 Å². The molecule has 1 aliphatic heterocycles. The van der Waals surface area contributed by atoms with Crippen LogP contribution in [0.5, 0.6) is 0 Å². The van der Waals surface area contributed by atoms with Crippen LogP contribution in [-0.2, 0) is 11.3 Å². The molecule has 1 aromatic carbocycles. The van der Waals surface area contributed by atoms with Crippen molar-refractivity contribution >= 4 is 5.91 Å². The van der Waals surface area contributed by atoms with E-state index in [1.54, 1.807) is 4.90 Å². The number of rotatable bonds is 3. The van der Waals surface area contributed by atoms with Gasteiger partial charge in [0, 0.05) is 26.6 Å². The van der Waals surface area contributed by atoms with Crippen LogP contribution in [0.3, 0.4) is 0 Å². The molecule has 96 valence electrons. The number of hydrogen-bond acceptors (Lipinski definition) is 2. The van der Waals surface area contributed by atoms with Gasteiger partial charge in [-0.1, -0.05) is 30.3 Å². The summed E-state index contributed by atoms with van der Waals surface area (Å²) >= 11 is 0. The zero-order valence-electron chi connectivity index (χ0n) is 10.9. The molecule has 2 rings (SSSR count). The van der Waals surface area contributed by atoms with Crippen molar-refractivity contribution in [2.75, 3.05) is 20.1 Å². The molecule has 2 radical (unpaired) electrons. The molecule has 1 aromatic rings. The molecule has 0 N–H and O–H groups in total. The van der Waals surface area contributed by atoms with Gasteiger partial charge >= 0.3 is 0 Å². The highest BCUT2D eigenvalue weighted by molar-refractivity contribution is 5.78. The van der Waals surface area contributed by atoms with Gasteiger partial charge in [0.2, 0.25) is 5.91 Å². The van der Waals surface area contributed by atoms with E-state index in [0.29, 0.717) is 6.54 Å². The summed E-state index contributed by atoms with van der Waals surface area (Å²) in [6, 6.07) is 10.1. The first-order valence-corrected chi connectivity index (χ1v) is 6.45. The number of benzene rings is 1. The molecule has 0 bridgehead atoms. The summed E-state index contributed by atoms with van der Waals surface area (Å²) in [4.78, 5) is 15.9. The Bertz CT molecular complexity index is 383.